The second-order valence-electron chi connectivity index (χ2n) is 9.32. The smallest absolute Gasteiger partial charge is 0.0693 e. The van der Waals surface area contributed by atoms with Gasteiger partial charge in [0.15, 0.2) is 0 Å². The van der Waals surface area contributed by atoms with Crippen molar-refractivity contribution in [1.29, 1.82) is 5.26 Å². The van der Waals surface area contributed by atoms with Crippen LogP contribution in [0.2, 0.25) is 0 Å². The van der Waals surface area contributed by atoms with Gasteiger partial charge in [-0.05, 0) is 69.1 Å². The average molecular weight is 358 g/mol. The van der Waals surface area contributed by atoms with Gasteiger partial charge in [-0.1, -0.05) is 77.4 Å². The molecule has 0 bridgehead atoms. The van der Waals surface area contributed by atoms with E-state index in [0.29, 0.717) is 0 Å². The van der Waals surface area contributed by atoms with Crippen molar-refractivity contribution in [2.24, 2.45) is 23.2 Å². The Kier molecular flexibility index (Phi) is 9.80. The van der Waals surface area contributed by atoms with Crippen LogP contribution >= 0.6 is 0 Å². The fraction of sp³-hybridized carbons (Fsp3) is 0.880. The predicted molar refractivity (Wildman–Crippen MR) is 113 cm³/mol. The summed E-state index contributed by atoms with van der Waals surface area (Å²) in [7, 11) is 0. The minimum absolute atomic E-state index is 0.0451. The molecule has 0 spiro atoms. The summed E-state index contributed by atoms with van der Waals surface area (Å²) in [4.78, 5) is 0. The highest BCUT2D eigenvalue weighted by molar-refractivity contribution is 5.06. The van der Waals surface area contributed by atoms with Crippen molar-refractivity contribution in [1.82, 2.24) is 0 Å². The molecule has 2 rings (SSSR count). The van der Waals surface area contributed by atoms with E-state index in [2.05, 4.69) is 32.1 Å². The lowest BCUT2D eigenvalue weighted by atomic mass is 9.64. The van der Waals surface area contributed by atoms with Gasteiger partial charge in [0, 0.05) is 0 Å². The van der Waals surface area contributed by atoms with Gasteiger partial charge in [-0.2, -0.15) is 5.26 Å². The lowest BCUT2D eigenvalue weighted by Gasteiger charge is -2.40. The first kappa shape index (κ1) is 21.5. The summed E-state index contributed by atoms with van der Waals surface area (Å²) in [5.74, 6) is 2.90. The zero-order valence-corrected chi connectivity index (χ0v) is 17.6. The minimum atomic E-state index is -0.0451. The minimum Gasteiger partial charge on any atom is -0.198 e. The van der Waals surface area contributed by atoms with Crippen LogP contribution in [0, 0.1) is 34.5 Å². The number of nitriles is 1. The quantitative estimate of drug-likeness (QED) is 0.285. The maximum Gasteiger partial charge on any atom is 0.0693 e. The maximum atomic E-state index is 9.79. The van der Waals surface area contributed by atoms with Crippen molar-refractivity contribution < 1.29 is 0 Å². The van der Waals surface area contributed by atoms with Crippen LogP contribution in [0.15, 0.2) is 12.2 Å². The van der Waals surface area contributed by atoms with E-state index in [9.17, 15) is 5.26 Å². The Morgan fingerprint density at radius 1 is 0.846 bits per heavy atom. The van der Waals surface area contributed by atoms with Crippen molar-refractivity contribution in [3.63, 3.8) is 0 Å². The molecule has 2 saturated carbocycles. The van der Waals surface area contributed by atoms with Gasteiger partial charge in [0.2, 0.25) is 0 Å². The first-order chi connectivity index (χ1) is 12.7. The molecule has 2 aliphatic rings. The van der Waals surface area contributed by atoms with E-state index in [1.54, 1.807) is 0 Å². The van der Waals surface area contributed by atoms with E-state index in [0.717, 1.165) is 37.0 Å². The van der Waals surface area contributed by atoms with E-state index in [-0.39, 0.29) is 5.41 Å². The summed E-state index contributed by atoms with van der Waals surface area (Å²) in [5.41, 5.74) is -0.0451. The number of rotatable bonds is 10. The predicted octanol–water partition coefficient (Wildman–Crippen LogP) is 8.21. The monoisotopic (exact) mass is 357 g/mol. The summed E-state index contributed by atoms with van der Waals surface area (Å²) in [6, 6.07) is 2.72. The van der Waals surface area contributed by atoms with E-state index in [4.69, 9.17) is 0 Å². The molecule has 1 heteroatoms. The molecule has 148 valence electrons. The second kappa shape index (κ2) is 11.8. The molecule has 0 aliphatic heterocycles. The molecule has 0 N–H and O–H groups in total. The highest BCUT2D eigenvalue weighted by atomic mass is 14.4. The largest absolute Gasteiger partial charge is 0.198 e. The third kappa shape index (κ3) is 6.75. The molecule has 0 heterocycles. The molecule has 0 saturated heterocycles. The maximum absolute atomic E-state index is 9.79. The summed E-state index contributed by atoms with van der Waals surface area (Å²) < 4.78 is 0. The SMILES string of the molecule is CCCC/C=C/CC1(C#N)CCC(C2CCC(CCCCC)CC2)CC1. The second-order valence-corrected chi connectivity index (χ2v) is 9.32. The van der Waals surface area contributed by atoms with Gasteiger partial charge in [-0.3, -0.25) is 0 Å². The number of hydrogen-bond acceptors (Lipinski definition) is 1. The van der Waals surface area contributed by atoms with Crippen molar-refractivity contribution >= 4 is 0 Å². The molecule has 0 aromatic rings. The molecular formula is C25H43N. The molecule has 0 aromatic heterocycles. The van der Waals surface area contributed by atoms with Gasteiger partial charge in [0.1, 0.15) is 0 Å². The third-order valence-corrected chi connectivity index (χ3v) is 7.40. The van der Waals surface area contributed by atoms with Crippen molar-refractivity contribution in [3.05, 3.63) is 12.2 Å². The molecule has 26 heavy (non-hydrogen) atoms. The van der Waals surface area contributed by atoms with Crippen LogP contribution in [0.4, 0.5) is 0 Å². The summed E-state index contributed by atoms with van der Waals surface area (Å²) in [5, 5.41) is 9.79. The Balaban J connectivity index is 1.70. The highest BCUT2D eigenvalue weighted by Crippen LogP contribution is 2.47. The van der Waals surface area contributed by atoms with Crippen LogP contribution in [-0.2, 0) is 0 Å². The van der Waals surface area contributed by atoms with Crippen LogP contribution in [0.25, 0.3) is 0 Å². The van der Waals surface area contributed by atoms with E-state index >= 15 is 0 Å². The zero-order chi connectivity index (χ0) is 18.7. The number of allylic oxidation sites excluding steroid dienone is 2. The van der Waals surface area contributed by atoms with Gasteiger partial charge in [-0.25, -0.2) is 0 Å². The Bertz CT molecular complexity index is 428. The van der Waals surface area contributed by atoms with Crippen LogP contribution < -0.4 is 0 Å². The van der Waals surface area contributed by atoms with E-state index in [1.807, 2.05) is 0 Å². The Labute approximate surface area is 163 Å². The highest BCUT2D eigenvalue weighted by Gasteiger charge is 2.37. The van der Waals surface area contributed by atoms with Crippen molar-refractivity contribution in [2.45, 2.75) is 117 Å². The Morgan fingerprint density at radius 3 is 2.12 bits per heavy atom. The van der Waals surface area contributed by atoms with E-state index in [1.165, 1.54) is 83.5 Å². The Morgan fingerprint density at radius 2 is 1.50 bits per heavy atom. The van der Waals surface area contributed by atoms with Gasteiger partial charge < -0.3 is 0 Å². The number of hydrogen-bond donors (Lipinski definition) is 0. The summed E-state index contributed by atoms with van der Waals surface area (Å²) in [6.07, 6.45) is 25.8. The standard InChI is InChI=1S/C25H43N/c1-3-5-7-8-10-18-25(21-26)19-16-24(17-20-25)23-14-12-22(13-15-23)11-9-6-4-2/h8,10,22-24H,3-7,9,11-20H2,1-2H3/b10-8+. The third-order valence-electron chi connectivity index (χ3n) is 7.40. The van der Waals surface area contributed by atoms with Crippen LogP contribution in [-0.4, -0.2) is 0 Å². The average Bonchev–Trinajstić information content (AvgIpc) is 2.69. The summed E-state index contributed by atoms with van der Waals surface area (Å²) in [6.45, 7) is 4.55. The number of unbranched alkanes of at least 4 members (excludes halogenated alkanes) is 4. The van der Waals surface area contributed by atoms with Crippen molar-refractivity contribution in [3.8, 4) is 6.07 Å². The lowest BCUT2D eigenvalue weighted by molar-refractivity contribution is 0.121. The van der Waals surface area contributed by atoms with E-state index < -0.39 is 0 Å². The molecule has 2 aliphatic carbocycles. The number of nitrogens with zero attached hydrogens (tertiary/aromatic N) is 1. The normalized spacial score (nSPS) is 32.6. The fourth-order valence-corrected chi connectivity index (χ4v) is 5.41. The molecular weight excluding hydrogens is 314 g/mol. The molecule has 0 atom stereocenters. The molecule has 0 unspecified atom stereocenters. The molecule has 2 fully saturated rings. The van der Waals surface area contributed by atoms with Crippen molar-refractivity contribution in [2.75, 3.05) is 0 Å². The van der Waals surface area contributed by atoms with Gasteiger partial charge in [0.25, 0.3) is 0 Å². The topological polar surface area (TPSA) is 23.8 Å². The molecule has 0 aromatic carbocycles. The first-order valence-electron chi connectivity index (χ1n) is 11.8. The lowest BCUT2D eigenvalue weighted by Crippen LogP contribution is -2.30. The fourth-order valence-electron chi connectivity index (χ4n) is 5.41. The van der Waals surface area contributed by atoms with Gasteiger partial charge >= 0.3 is 0 Å². The molecule has 0 amide bonds. The Hall–Kier alpha value is -0.770. The first-order valence-corrected chi connectivity index (χ1v) is 11.8. The molecule has 0 radical (unpaired) electrons. The van der Waals surface area contributed by atoms with Crippen LogP contribution in [0.5, 0.6) is 0 Å². The summed E-state index contributed by atoms with van der Waals surface area (Å²) >= 11 is 0. The van der Waals surface area contributed by atoms with Gasteiger partial charge in [0.05, 0.1) is 11.5 Å². The van der Waals surface area contributed by atoms with Crippen LogP contribution in [0.1, 0.15) is 117 Å². The molecule has 1 nitrogen and oxygen atoms in total. The van der Waals surface area contributed by atoms with Gasteiger partial charge in [-0.15, -0.1) is 0 Å². The zero-order valence-electron chi connectivity index (χ0n) is 17.6. The van der Waals surface area contributed by atoms with Crippen LogP contribution in [0.3, 0.4) is 0 Å².